The number of carbonyl (C=O) groups excluding carboxylic acids is 9. The summed E-state index contributed by atoms with van der Waals surface area (Å²) in [5.74, 6) is -7.54. The van der Waals surface area contributed by atoms with Gasteiger partial charge in [-0.25, -0.2) is 14.2 Å². The molecule has 85 heavy (non-hydrogen) atoms. The molecule has 2 aromatic carbocycles. The number of amides is 8. The third-order valence-electron chi connectivity index (χ3n) is 15.3. The Hall–Kier alpha value is -8.21. The number of thiol groups is 1. The zero-order valence-corrected chi connectivity index (χ0v) is 48.1. The highest BCUT2D eigenvalue weighted by molar-refractivity contribution is 7.80. The maximum Gasteiger partial charge on any atom is 0.343 e. The molecular formula is C58H67FN10O15S. The average molecular weight is 1200 g/mol. The number of halogens is 1. The molecule has 452 valence electrons. The van der Waals surface area contributed by atoms with Crippen molar-refractivity contribution in [2.24, 2.45) is 0 Å². The van der Waals surface area contributed by atoms with Gasteiger partial charge in [-0.15, -0.1) is 19.2 Å². The number of nitrogens with one attached hydrogen (secondary N) is 7. The Balaban J connectivity index is 0.825. The number of pyridine rings is 2. The lowest BCUT2D eigenvalue weighted by atomic mass is 9.81. The summed E-state index contributed by atoms with van der Waals surface area (Å²) in [6.45, 7) is 5.78. The van der Waals surface area contributed by atoms with Crippen molar-refractivity contribution in [2.45, 2.75) is 101 Å². The molecule has 5 heterocycles. The minimum absolute atomic E-state index is 0.0251. The first kappa shape index (κ1) is 62.8. The Kier molecular flexibility index (Phi) is 20.1. The van der Waals surface area contributed by atoms with E-state index >= 15 is 4.39 Å². The van der Waals surface area contributed by atoms with Crippen LogP contribution in [0.1, 0.15) is 78.1 Å². The van der Waals surface area contributed by atoms with Crippen LogP contribution in [0.25, 0.3) is 22.3 Å². The number of fused-ring (bicyclic) bond motifs is 5. The second-order valence-corrected chi connectivity index (χ2v) is 21.4. The predicted octanol–water partition coefficient (Wildman–Crippen LogP) is -0.0661. The van der Waals surface area contributed by atoms with E-state index in [1.165, 1.54) is 17.7 Å². The molecule has 3 aliphatic heterocycles. The van der Waals surface area contributed by atoms with Gasteiger partial charge in [0.25, 0.3) is 23.3 Å². The number of imide groups is 1. The molecule has 2 aromatic heterocycles. The Labute approximate surface area is 492 Å². The monoisotopic (exact) mass is 1190 g/mol. The van der Waals surface area contributed by atoms with Crippen molar-refractivity contribution in [3.8, 4) is 11.4 Å². The van der Waals surface area contributed by atoms with Crippen LogP contribution in [0.2, 0.25) is 0 Å². The number of nitrogens with zero attached hydrogens (tertiary/aromatic N) is 3. The third kappa shape index (κ3) is 13.7. The second kappa shape index (κ2) is 27.2. The summed E-state index contributed by atoms with van der Waals surface area (Å²) in [7, 11) is 1.52. The van der Waals surface area contributed by atoms with Gasteiger partial charge in [-0.1, -0.05) is 43.3 Å². The van der Waals surface area contributed by atoms with Crippen LogP contribution in [0.15, 0.2) is 72.1 Å². The van der Waals surface area contributed by atoms with E-state index in [2.05, 4.69) is 56.4 Å². The highest BCUT2D eigenvalue weighted by Gasteiger charge is 2.49. The van der Waals surface area contributed by atoms with Gasteiger partial charge in [0.05, 0.1) is 67.4 Å². The number of cyclic esters (lactones) is 1. The number of aromatic nitrogens is 2. The summed E-state index contributed by atoms with van der Waals surface area (Å²) in [6.07, 6.45) is 3.89. The molecule has 0 bridgehead atoms. The van der Waals surface area contributed by atoms with Crippen LogP contribution < -0.4 is 42.8 Å². The molecule has 8 N–H and O–H groups in total. The topological polar surface area (TPSA) is 333 Å². The number of rotatable bonds is 28. The van der Waals surface area contributed by atoms with Crippen molar-refractivity contribution < 1.29 is 71.6 Å². The Morgan fingerprint density at radius 3 is 2.38 bits per heavy atom. The fourth-order valence-electron chi connectivity index (χ4n) is 10.7. The van der Waals surface area contributed by atoms with Crippen molar-refractivity contribution in [1.29, 1.82) is 0 Å². The van der Waals surface area contributed by atoms with Gasteiger partial charge in [-0.2, -0.15) is 0 Å². The number of hydrogen-bond donors (Lipinski definition) is 9. The molecule has 25 nitrogen and oxygen atoms in total. The van der Waals surface area contributed by atoms with Gasteiger partial charge >= 0.3 is 5.97 Å². The number of hydrogen-bond acceptors (Lipinski definition) is 18. The number of aliphatic hydroxyl groups is 1. The Morgan fingerprint density at radius 1 is 0.965 bits per heavy atom. The summed E-state index contributed by atoms with van der Waals surface area (Å²) in [6, 6.07) is 9.59. The molecule has 8 rings (SSSR count). The van der Waals surface area contributed by atoms with Crippen LogP contribution in [0, 0.1) is 12.7 Å². The van der Waals surface area contributed by atoms with E-state index in [0.29, 0.717) is 80.9 Å². The van der Waals surface area contributed by atoms with Gasteiger partial charge < -0.3 is 65.8 Å². The second-order valence-electron chi connectivity index (χ2n) is 20.8. The molecular weight excluding hydrogens is 1130 g/mol. The number of methoxy groups -OCH3 is 1. The SMILES string of the molecule is C=CC(CNCC(C)OCCC(S)OC)(C(=O)NCC(=O)NCC(=O)N[C@@H](Cc1ccccc1)C(=O)NCC(=O)NCOCC(=O)N[C@H]1CCc2c(C)c(F)cc3nc4c(c1c23)Cn1c-4cc2c(c1=O)COC(=O)[C@]2(O)CC)N1C(=O)C=CC1=O. The van der Waals surface area contributed by atoms with Crippen LogP contribution in [-0.2, 0) is 93.7 Å². The lowest BCUT2D eigenvalue weighted by Gasteiger charge is -2.37. The van der Waals surface area contributed by atoms with Crippen LogP contribution in [-0.4, -0.2) is 156 Å². The molecule has 8 amide bonds. The zero-order valence-electron chi connectivity index (χ0n) is 47.2. The third-order valence-corrected chi connectivity index (χ3v) is 15.8. The van der Waals surface area contributed by atoms with Gasteiger partial charge in [0.15, 0.2) is 11.1 Å². The minimum atomic E-state index is -2.07. The lowest BCUT2D eigenvalue weighted by molar-refractivity contribution is -0.172. The van der Waals surface area contributed by atoms with Gasteiger partial charge in [-0.05, 0) is 61.4 Å². The number of ether oxygens (including phenoxy) is 4. The van der Waals surface area contributed by atoms with Crippen LogP contribution in [0.4, 0.5) is 4.39 Å². The Morgan fingerprint density at radius 2 is 1.67 bits per heavy atom. The van der Waals surface area contributed by atoms with Crippen molar-refractivity contribution in [3.63, 3.8) is 0 Å². The summed E-state index contributed by atoms with van der Waals surface area (Å²) >= 11 is 4.25. The summed E-state index contributed by atoms with van der Waals surface area (Å²) in [5, 5.41) is 30.3. The van der Waals surface area contributed by atoms with E-state index in [9.17, 15) is 53.1 Å². The molecule has 0 fully saturated rings. The first-order valence-corrected chi connectivity index (χ1v) is 28.0. The highest BCUT2D eigenvalue weighted by atomic mass is 32.1. The van der Waals surface area contributed by atoms with Gasteiger partial charge in [0.1, 0.15) is 37.2 Å². The summed E-state index contributed by atoms with van der Waals surface area (Å²) < 4.78 is 38.5. The molecule has 27 heteroatoms. The molecule has 0 radical (unpaired) electrons. The molecule has 4 aromatic rings. The fourth-order valence-corrected chi connectivity index (χ4v) is 10.9. The van der Waals surface area contributed by atoms with Crippen LogP contribution in [0.5, 0.6) is 0 Å². The molecule has 6 atom stereocenters. The summed E-state index contributed by atoms with van der Waals surface area (Å²) in [5.41, 5.74) is -0.653. The normalized spacial score (nSPS) is 18.2. The van der Waals surface area contributed by atoms with Crippen LogP contribution >= 0.6 is 12.6 Å². The van der Waals surface area contributed by atoms with Gasteiger partial charge in [0, 0.05) is 67.8 Å². The number of aryl methyl sites for hydroxylation is 1. The maximum absolute atomic E-state index is 15.4. The predicted molar refractivity (Wildman–Crippen MR) is 305 cm³/mol. The highest BCUT2D eigenvalue weighted by Crippen LogP contribution is 2.46. The largest absolute Gasteiger partial charge is 0.458 e. The number of esters is 1. The van der Waals surface area contributed by atoms with Crippen molar-refractivity contribution in [2.75, 3.05) is 59.8 Å². The van der Waals surface area contributed by atoms with Gasteiger partial charge in [0.2, 0.25) is 29.5 Å². The quantitative estimate of drug-likeness (QED) is 0.00791. The van der Waals surface area contributed by atoms with E-state index in [-0.39, 0.29) is 61.7 Å². The van der Waals surface area contributed by atoms with E-state index < -0.39 is 121 Å². The molecule has 0 saturated carbocycles. The fraction of sp³-hybridized carbons (Fsp3) is 0.431. The van der Waals surface area contributed by atoms with E-state index in [0.717, 1.165) is 18.2 Å². The van der Waals surface area contributed by atoms with Crippen molar-refractivity contribution >= 4 is 76.8 Å². The molecule has 0 spiro atoms. The zero-order chi connectivity index (χ0) is 61.3. The maximum atomic E-state index is 15.4. The Bertz CT molecular complexity index is 3420. The number of carbonyl (C=O) groups is 9. The van der Waals surface area contributed by atoms with E-state index in [4.69, 9.17) is 23.9 Å². The molecule has 3 unspecified atom stereocenters. The lowest BCUT2D eigenvalue weighted by Crippen LogP contribution is -2.65. The molecule has 1 aliphatic carbocycles. The minimum Gasteiger partial charge on any atom is -0.458 e. The smallest absolute Gasteiger partial charge is 0.343 e. The molecule has 4 aliphatic rings. The summed E-state index contributed by atoms with van der Waals surface area (Å²) in [4.78, 5) is 138. The first-order valence-electron chi connectivity index (χ1n) is 27.5. The number of benzene rings is 2. The van der Waals surface area contributed by atoms with Crippen LogP contribution in [0.3, 0.4) is 0 Å². The average Bonchev–Trinajstić information content (AvgIpc) is 1.75. The van der Waals surface area contributed by atoms with E-state index in [1.807, 2.05) is 0 Å². The standard InChI is InChI=1S/C58H67FN10O15S/c1-6-57(69-47(74)15-16-48(69)75,29-60-22-31(3)83-18-17-49(85)81-5)55(78)63-24-43(70)61-25-45(72)66-41(19-33-11-9-8-10-12-33)53(76)62-23-44(71)64-30-82-28-46(73)65-39-14-13-34-32(4)38(59)21-40-50(34)51(39)35-26-68-42(52(35)67-40)20-37-36(54(68)77)27-84-56(79)58(37,80)7-2/h6,8-12,15-16,20-21,31,39,41,49,60,80,85H,1,7,13-14,17-19,22-30H2,2-5H3,(H,61,70)(H,62,76)(H,63,78)(H,64,71)(H,65,73)(H,66,72)/t31?,39-,41-,49?,57?,58-/m0/s1. The van der Waals surface area contributed by atoms with Gasteiger partial charge in [-0.3, -0.25) is 48.1 Å². The first-order chi connectivity index (χ1) is 40.6. The van der Waals surface area contributed by atoms with Crippen molar-refractivity contribution in [1.82, 2.24) is 51.7 Å². The molecule has 0 saturated heterocycles. The van der Waals surface area contributed by atoms with E-state index in [1.54, 1.807) is 57.2 Å². The van der Waals surface area contributed by atoms with Crippen molar-refractivity contribution in [3.05, 3.63) is 122 Å².